The van der Waals surface area contributed by atoms with Gasteiger partial charge in [0, 0.05) is 25.7 Å². The molecule has 0 aromatic heterocycles. The molecule has 2 aromatic rings. The number of rotatable bonds is 12. The minimum atomic E-state index is -1.03. The van der Waals surface area contributed by atoms with E-state index in [2.05, 4.69) is 23.5 Å². The van der Waals surface area contributed by atoms with Crippen LogP contribution in [-0.4, -0.2) is 82.5 Å². The highest BCUT2D eigenvalue weighted by atomic mass is 32.2. The molecule has 1 heterocycles. The van der Waals surface area contributed by atoms with E-state index in [-0.39, 0.29) is 24.4 Å². The lowest BCUT2D eigenvalue weighted by molar-refractivity contribution is -0.142. The third kappa shape index (κ3) is 7.43. The Labute approximate surface area is 211 Å². The summed E-state index contributed by atoms with van der Waals surface area (Å²) in [4.78, 5) is 41.1. The number of nitrogens with two attached hydrogens (primary N) is 1. The summed E-state index contributed by atoms with van der Waals surface area (Å²) in [6, 6.07) is 12.7. The molecule has 4 N–H and O–H groups in total. The molecule has 1 saturated heterocycles. The van der Waals surface area contributed by atoms with Gasteiger partial charge in [-0.1, -0.05) is 42.5 Å². The van der Waals surface area contributed by atoms with Crippen LogP contribution in [0.15, 0.2) is 42.5 Å². The number of amides is 2. The van der Waals surface area contributed by atoms with Crippen LogP contribution in [0.1, 0.15) is 31.7 Å². The Kier molecular flexibility index (Phi) is 9.94. The van der Waals surface area contributed by atoms with Crippen LogP contribution in [0.5, 0.6) is 0 Å². The van der Waals surface area contributed by atoms with Gasteiger partial charge >= 0.3 is 5.97 Å². The van der Waals surface area contributed by atoms with Crippen molar-refractivity contribution >= 4 is 40.3 Å². The Bertz CT molecular complexity index is 1030. The van der Waals surface area contributed by atoms with Gasteiger partial charge in [-0.25, -0.2) is 4.79 Å². The van der Waals surface area contributed by atoms with Crippen LogP contribution < -0.4 is 11.1 Å². The van der Waals surface area contributed by atoms with Gasteiger partial charge in [0.1, 0.15) is 6.04 Å². The molecule has 35 heavy (non-hydrogen) atoms. The molecule has 1 aliphatic rings. The summed E-state index contributed by atoms with van der Waals surface area (Å²) in [6.07, 6.45) is 4.01. The van der Waals surface area contributed by atoms with Crippen molar-refractivity contribution in [2.75, 3.05) is 31.6 Å². The second kappa shape index (κ2) is 12.9. The number of fused-ring (bicyclic) bond motifs is 1. The lowest BCUT2D eigenvalue weighted by Crippen LogP contribution is -2.50. The number of aliphatic carboxylic acids is 1. The maximum atomic E-state index is 13.0. The summed E-state index contributed by atoms with van der Waals surface area (Å²) in [5.74, 6) is -0.794. The number of carbonyl (C=O) groups excluding carboxylic acids is 2. The zero-order valence-electron chi connectivity index (χ0n) is 20.5. The zero-order valence-corrected chi connectivity index (χ0v) is 21.3. The fraction of sp³-hybridized carbons (Fsp3) is 0.500. The third-order valence-electron chi connectivity index (χ3n) is 6.40. The maximum absolute atomic E-state index is 13.0. The number of nitrogens with zero attached hydrogens (tertiary/aromatic N) is 2. The van der Waals surface area contributed by atoms with Crippen LogP contribution in [0, 0.1) is 0 Å². The van der Waals surface area contributed by atoms with E-state index in [4.69, 9.17) is 5.73 Å². The van der Waals surface area contributed by atoms with Crippen molar-refractivity contribution in [1.82, 2.24) is 15.1 Å². The molecule has 1 aliphatic heterocycles. The smallest absolute Gasteiger partial charge is 0.326 e. The molecule has 0 saturated carbocycles. The van der Waals surface area contributed by atoms with E-state index in [1.54, 1.807) is 18.7 Å². The van der Waals surface area contributed by atoms with Gasteiger partial charge in [0.25, 0.3) is 0 Å². The van der Waals surface area contributed by atoms with Crippen molar-refractivity contribution in [3.8, 4) is 0 Å². The molecule has 0 bridgehead atoms. The van der Waals surface area contributed by atoms with Gasteiger partial charge in [-0.2, -0.15) is 11.8 Å². The van der Waals surface area contributed by atoms with Crippen LogP contribution in [0.25, 0.3) is 10.8 Å². The fourth-order valence-electron chi connectivity index (χ4n) is 4.67. The highest BCUT2D eigenvalue weighted by molar-refractivity contribution is 7.98. The van der Waals surface area contributed by atoms with Gasteiger partial charge in [0.2, 0.25) is 11.8 Å². The summed E-state index contributed by atoms with van der Waals surface area (Å²) in [5.41, 5.74) is 6.95. The van der Waals surface area contributed by atoms with Crippen molar-refractivity contribution in [2.24, 2.45) is 5.73 Å². The monoisotopic (exact) mass is 500 g/mol. The first-order chi connectivity index (χ1) is 16.8. The summed E-state index contributed by atoms with van der Waals surface area (Å²) >= 11 is 1.54. The Morgan fingerprint density at radius 1 is 1.23 bits per heavy atom. The van der Waals surface area contributed by atoms with Crippen LogP contribution >= 0.6 is 11.8 Å². The van der Waals surface area contributed by atoms with Crippen molar-refractivity contribution in [3.05, 3.63) is 48.0 Å². The van der Waals surface area contributed by atoms with Gasteiger partial charge in [-0.15, -0.1) is 0 Å². The predicted molar refractivity (Wildman–Crippen MR) is 140 cm³/mol. The first-order valence-electron chi connectivity index (χ1n) is 12.1. The maximum Gasteiger partial charge on any atom is 0.326 e. The average molecular weight is 501 g/mol. The van der Waals surface area contributed by atoms with Crippen molar-refractivity contribution in [2.45, 2.75) is 50.9 Å². The second-order valence-electron chi connectivity index (χ2n) is 9.16. The minimum absolute atomic E-state index is 0.0389. The highest BCUT2D eigenvalue weighted by Gasteiger charge is 2.32. The quantitative estimate of drug-likeness (QED) is 0.410. The van der Waals surface area contributed by atoms with Gasteiger partial charge in [-0.3, -0.25) is 14.5 Å². The summed E-state index contributed by atoms with van der Waals surface area (Å²) in [6.45, 7) is 3.42. The number of carboxylic acids is 1. The largest absolute Gasteiger partial charge is 0.480 e. The lowest BCUT2D eigenvalue weighted by Gasteiger charge is -2.32. The van der Waals surface area contributed by atoms with E-state index in [9.17, 15) is 19.5 Å². The molecule has 3 rings (SSSR count). The number of nitrogens with one attached hydrogen (secondary N) is 1. The SMILES string of the molecule is CSCC[C@H](NC(=O)CN(Cc1cccc2ccccc12)C[C@@H]1CCCN1C(=O)[C@@H](C)N)C(=O)O. The molecule has 3 atom stereocenters. The molecule has 0 unspecified atom stereocenters. The first-order valence-corrected chi connectivity index (χ1v) is 13.5. The Balaban J connectivity index is 1.80. The van der Waals surface area contributed by atoms with E-state index >= 15 is 0 Å². The topological polar surface area (TPSA) is 116 Å². The minimum Gasteiger partial charge on any atom is -0.480 e. The van der Waals surface area contributed by atoms with Gasteiger partial charge in [0.05, 0.1) is 12.6 Å². The van der Waals surface area contributed by atoms with Crippen LogP contribution in [0.3, 0.4) is 0 Å². The number of benzene rings is 2. The average Bonchev–Trinajstić information content (AvgIpc) is 3.29. The van der Waals surface area contributed by atoms with Gasteiger partial charge in [0.15, 0.2) is 0 Å². The molecule has 2 amide bonds. The van der Waals surface area contributed by atoms with Crippen LogP contribution in [0.2, 0.25) is 0 Å². The molecule has 0 radical (unpaired) electrons. The number of likely N-dealkylation sites (tertiary alicyclic amines) is 1. The van der Waals surface area contributed by atoms with Crippen molar-refractivity contribution in [3.63, 3.8) is 0 Å². The molecule has 9 heteroatoms. The summed E-state index contributed by atoms with van der Waals surface area (Å²) < 4.78 is 0. The second-order valence-corrected chi connectivity index (χ2v) is 10.1. The fourth-order valence-corrected chi connectivity index (χ4v) is 5.14. The molecule has 0 spiro atoms. The third-order valence-corrected chi connectivity index (χ3v) is 7.05. The molecular weight excluding hydrogens is 464 g/mol. The summed E-state index contributed by atoms with van der Waals surface area (Å²) in [7, 11) is 0. The summed E-state index contributed by atoms with van der Waals surface area (Å²) in [5, 5.41) is 14.4. The van der Waals surface area contributed by atoms with Crippen LogP contribution in [-0.2, 0) is 20.9 Å². The highest BCUT2D eigenvalue weighted by Crippen LogP contribution is 2.23. The molecular formula is C26H36N4O4S. The molecule has 0 aliphatic carbocycles. The Hall–Kier alpha value is -2.62. The number of hydrogen-bond acceptors (Lipinski definition) is 6. The predicted octanol–water partition coefficient (Wildman–Crippen LogP) is 2.30. The number of thioether (sulfide) groups is 1. The molecule has 8 nitrogen and oxygen atoms in total. The van der Waals surface area contributed by atoms with Crippen molar-refractivity contribution < 1.29 is 19.5 Å². The van der Waals surface area contributed by atoms with Gasteiger partial charge in [-0.05, 0) is 54.5 Å². The first kappa shape index (κ1) is 27.0. The van der Waals surface area contributed by atoms with Crippen molar-refractivity contribution in [1.29, 1.82) is 0 Å². The molecule has 190 valence electrons. The van der Waals surface area contributed by atoms with E-state index in [0.717, 1.165) is 29.2 Å². The van der Waals surface area contributed by atoms with E-state index < -0.39 is 18.1 Å². The Morgan fingerprint density at radius 2 is 1.97 bits per heavy atom. The zero-order chi connectivity index (χ0) is 25.4. The number of carbonyl (C=O) groups is 3. The van der Waals surface area contributed by atoms with Gasteiger partial charge < -0.3 is 21.1 Å². The number of carboxylic acid groups (broad SMARTS) is 1. The normalized spacial score (nSPS) is 17.5. The molecule has 2 aromatic carbocycles. The standard InChI is InChI=1S/C26H36N4O4S/c1-18(27)25(32)30-13-6-10-21(30)16-29(17-24(31)28-23(26(33)34)12-14-35-2)15-20-9-5-8-19-7-3-4-11-22(19)20/h3-5,7-9,11,18,21,23H,6,10,12-17,27H2,1-2H3,(H,28,31)(H,33,34)/t18-,21+,23+/m1/s1. The lowest BCUT2D eigenvalue weighted by atomic mass is 10.0. The van der Waals surface area contributed by atoms with E-state index in [1.807, 2.05) is 40.3 Å². The van der Waals surface area contributed by atoms with E-state index in [0.29, 0.717) is 31.8 Å². The molecule has 1 fully saturated rings. The Morgan fingerprint density at radius 3 is 2.69 bits per heavy atom. The van der Waals surface area contributed by atoms with Crippen LogP contribution in [0.4, 0.5) is 0 Å². The van der Waals surface area contributed by atoms with E-state index in [1.165, 1.54) is 0 Å². The number of hydrogen-bond donors (Lipinski definition) is 3.